The van der Waals surface area contributed by atoms with Crippen LogP contribution in [0.2, 0.25) is 0 Å². The lowest BCUT2D eigenvalue weighted by Gasteiger charge is -2.37. The maximum atomic E-state index is 9.30. The lowest BCUT2D eigenvalue weighted by molar-refractivity contribution is 0.141. The monoisotopic (exact) mass is 232 g/mol. The predicted molar refractivity (Wildman–Crippen MR) is 63.7 cm³/mol. The highest BCUT2D eigenvalue weighted by atomic mass is 16.3. The number of hydrogen-bond donors (Lipinski definition) is 1. The SMILES string of the molecule is CCc1nnc(N2CC(O)C2)c(C#N)c1CC. The van der Waals surface area contributed by atoms with Gasteiger partial charge >= 0.3 is 0 Å². The molecule has 1 aliphatic rings. The summed E-state index contributed by atoms with van der Waals surface area (Å²) in [5, 5.41) is 26.9. The van der Waals surface area contributed by atoms with Gasteiger partial charge in [-0.05, 0) is 18.4 Å². The van der Waals surface area contributed by atoms with Gasteiger partial charge in [0.25, 0.3) is 0 Å². The molecule has 1 aliphatic heterocycles. The number of aryl methyl sites for hydroxylation is 1. The van der Waals surface area contributed by atoms with Gasteiger partial charge in [0.2, 0.25) is 0 Å². The molecule has 0 aliphatic carbocycles. The molecular weight excluding hydrogens is 216 g/mol. The third-order valence-electron chi connectivity index (χ3n) is 3.10. The molecule has 1 fully saturated rings. The van der Waals surface area contributed by atoms with Gasteiger partial charge in [0.15, 0.2) is 5.82 Å². The van der Waals surface area contributed by atoms with E-state index in [1.165, 1.54) is 0 Å². The topological polar surface area (TPSA) is 73.0 Å². The molecule has 0 amide bonds. The molecule has 2 rings (SSSR count). The van der Waals surface area contributed by atoms with Gasteiger partial charge in [0, 0.05) is 13.1 Å². The molecule has 90 valence electrons. The van der Waals surface area contributed by atoms with Gasteiger partial charge in [0.05, 0.1) is 11.8 Å². The summed E-state index contributed by atoms with van der Waals surface area (Å²) >= 11 is 0. The summed E-state index contributed by atoms with van der Waals surface area (Å²) in [6.07, 6.45) is 1.26. The molecule has 1 saturated heterocycles. The first-order valence-electron chi connectivity index (χ1n) is 5.92. The predicted octanol–water partition coefficient (Wildman–Crippen LogP) is 0.654. The highest BCUT2D eigenvalue weighted by Crippen LogP contribution is 2.26. The fourth-order valence-corrected chi connectivity index (χ4v) is 2.13. The first kappa shape index (κ1) is 11.8. The van der Waals surface area contributed by atoms with Gasteiger partial charge in [-0.2, -0.15) is 10.4 Å². The molecule has 2 heterocycles. The highest BCUT2D eigenvalue weighted by Gasteiger charge is 2.29. The number of nitrogens with zero attached hydrogens (tertiary/aromatic N) is 4. The van der Waals surface area contributed by atoms with Crippen molar-refractivity contribution in [3.63, 3.8) is 0 Å². The Balaban J connectivity index is 2.43. The van der Waals surface area contributed by atoms with Crippen molar-refractivity contribution in [1.82, 2.24) is 10.2 Å². The maximum absolute atomic E-state index is 9.30. The Morgan fingerprint density at radius 3 is 2.53 bits per heavy atom. The zero-order chi connectivity index (χ0) is 12.4. The van der Waals surface area contributed by atoms with Crippen molar-refractivity contribution in [2.75, 3.05) is 18.0 Å². The van der Waals surface area contributed by atoms with E-state index in [1.54, 1.807) is 0 Å². The number of aliphatic hydroxyl groups is 1. The minimum Gasteiger partial charge on any atom is -0.389 e. The van der Waals surface area contributed by atoms with Crippen molar-refractivity contribution >= 4 is 5.82 Å². The van der Waals surface area contributed by atoms with Crippen LogP contribution in [0, 0.1) is 11.3 Å². The van der Waals surface area contributed by atoms with Crippen molar-refractivity contribution < 1.29 is 5.11 Å². The second-order valence-corrected chi connectivity index (χ2v) is 4.20. The molecule has 5 heteroatoms. The Labute approximate surface area is 101 Å². The highest BCUT2D eigenvalue weighted by molar-refractivity contribution is 5.59. The zero-order valence-corrected chi connectivity index (χ0v) is 10.1. The lowest BCUT2D eigenvalue weighted by atomic mass is 10.0. The van der Waals surface area contributed by atoms with Crippen LogP contribution in [0.15, 0.2) is 0 Å². The molecule has 0 unspecified atom stereocenters. The minimum absolute atomic E-state index is 0.306. The van der Waals surface area contributed by atoms with Crippen LogP contribution in [0.5, 0.6) is 0 Å². The molecule has 0 saturated carbocycles. The normalized spacial score (nSPS) is 15.5. The van der Waals surface area contributed by atoms with Crippen molar-refractivity contribution in [3.05, 3.63) is 16.8 Å². The van der Waals surface area contributed by atoms with Gasteiger partial charge in [-0.3, -0.25) is 0 Å². The van der Waals surface area contributed by atoms with Gasteiger partial charge in [-0.25, -0.2) is 0 Å². The first-order chi connectivity index (χ1) is 8.21. The number of hydrogen-bond acceptors (Lipinski definition) is 5. The average Bonchev–Trinajstić information content (AvgIpc) is 2.33. The third-order valence-corrected chi connectivity index (χ3v) is 3.10. The van der Waals surface area contributed by atoms with Gasteiger partial charge in [0.1, 0.15) is 11.6 Å². The largest absolute Gasteiger partial charge is 0.389 e. The smallest absolute Gasteiger partial charge is 0.169 e. The van der Waals surface area contributed by atoms with Crippen LogP contribution in [-0.4, -0.2) is 34.5 Å². The van der Waals surface area contributed by atoms with Crippen LogP contribution < -0.4 is 4.90 Å². The van der Waals surface area contributed by atoms with Crippen molar-refractivity contribution in [2.45, 2.75) is 32.8 Å². The molecule has 0 radical (unpaired) electrons. The van der Waals surface area contributed by atoms with E-state index in [-0.39, 0.29) is 6.10 Å². The molecule has 17 heavy (non-hydrogen) atoms. The van der Waals surface area contributed by atoms with E-state index in [4.69, 9.17) is 0 Å². The summed E-state index contributed by atoms with van der Waals surface area (Å²) in [5.74, 6) is 0.617. The summed E-state index contributed by atoms with van der Waals surface area (Å²) in [7, 11) is 0. The average molecular weight is 232 g/mol. The second-order valence-electron chi connectivity index (χ2n) is 4.20. The van der Waals surface area contributed by atoms with Gasteiger partial charge in [-0.1, -0.05) is 13.8 Å². The van der Waals surface area contributed by atoms with E-state index in [2.05, 4.69) is 16.3 Å². The summed E-state index contributed by atoms with van der Waals surface area (Å²) < 4.78 is 0. The fourth-order valence-electron chi connectivity index (χ4n) is 2.13. The number of rotatable bonds is 3. The van der Waals surface area contributed by atoms with Gasteiger partial charge in [-0.15, -0.1) is 5.10 Å². The summed E-state index contributed by atoms with van der Waals surface area (Å²) in [5.41, 5.74) is 2.50. The van der Waals surface area contributed by atoms with Crippen molar-refractivity contribution in [2.24, 2.45) is 0 Å². The van der Waals surface area contributed by atoms with Crippen LogP contribution in [0.3, 0.4) is 0 Å². The summed E-state index contributed by atoms with van der Waals surface area (Å²) in [4.78, 5) is 1.90. The van der Waals surface area contributed by atoms with Crippen molar-refractivity contribution in [3.8, 4) is 6.07 Å². The van der Waals surface area contributed by atoms with E-state index in [9.17, 15) is 10.4 Å². The van der Waals surface area contributed by atoms with Crippen LogP contribution in [0.1, 0.15) is 30.7 Å². The van der Waals surface area contributed by atoms with Gasteiger partial charge < -0.3 is 10.0 Å². The Bertz CT molecular complexity index is 460. The third kappa shape index (κ3) is 1.96. The number of anilines is 1. The zero-order valence-electron chi connectivity index (χ0n) is 10.1. The van der Waals surface area contributed by atoms with Crippen molar-refractivity contribution in [1.29, 1.82) is 5.26 Å². The first-order valence-corrected chi connectivity index (χ1v) is 5.92. The molecule has 0 spiro atoms. The van der Waals surface area contributed by atoms with Crippen LogP contribution >= 0.6 is 0 Å². The summed E-state index contributed by atoms with van der Waals surface area (Å²) in [6.45, 7) is 5.11. The van der Waals surface area contributed by atoms with E-state index in [0.717, 1.165) is 24.1 Å². The van der Waals surface area contributed by atoms with E-state index < -0.39 is 0 Å². The lowest BCUT2D eigenvalue weighted by Crippen LogP contribution is -2.51. The Morgan fingerprint density at radius 2 is 2.06 bits per heavy atom. The number of nitriles is 1. The van der Waals surface area contributed by atoms with Crippen LogP contribution in [-0.2, 0) is 12.8 Å². The molecule has 1 aromatic rings. The Morgan fingerprint density at radius 1 is 1.35 bits per heavy atom. The number of β-amino-alcohol motifs (C(OH)–C–C–N with tert-alkyl or cyclic N) is 1. The fraction of sp³-hybridized carbons (Fsp3) is 0.583. The van der Waals surface area contributed by atoms with E-state index in [1.807, 2.05) is 18.7 Å². The quantitative estimate of drug-likeness (QED) is 0.828. The molecule has 1 N–H and O–H groups in total. The standard InChI is InChI=1S/C12H16N4O/c1-3-9-10(5-13)12(15-14-11(9)4-2)16-6-8(17)7-16/h8,17H,3-4,6-7H2,1-2H3. The van der Waals surface area contributed by atoms with Crippen LogP contribution in [0.4, 0.5) is 5.82 Å². The molecule has 0 bridgehead atoms. The van der Waals surface area contributed by atoms with E-state index >= 15 is 0 Å². The molecule has 0 atom stereocenters. The Hall–Kier alpha value is -1.67. The maximum Gasteiger partial charge on any atom is 0.169 e. The minimum atomic E-state index is -0.306. The summed E-state index contributed by atoms with van der Waals surface area (Å²) in [6, 6.07) is 2.23. The molecular formula is C12H16N4O. The molecule has 0 aromatic carbocycles. The number of aromatic nitrogens is 2. The molecule has 1 aromatic heterocycles. The Kier molecular flexibility index (Phi) is 3.25. The van der Waals surface area contributed by atoms with Crippen LogP contribution in [0.25, 0.3) is 0 Å². The van der Waals surface area contributed by atoms with E-state index in [0.29, 0.717) is 24.5 Å². The second kappa shape index (κ2) is 4.68. The molecule has 5 nitrogen and oxygen atoms in total. The number of aliphatic hydroxyl groups excluding tert-OH is 1.